The number of hydrogen-bond donors (Lipinski definition) is 1. The summed E-state index contributed by atoms with van der Waals surface area (Å²) in [5.41, 5.74) is 3.81. The summed E-state index contributed by atoms with van der Waals surface area (Å²) in [6.07, 6.45) is 3.55. The lowest BCUT2D eigenvalue weighted by Crippen LogP contribution is -2.44. The van der Waals surface area contributed by atoms with Crippen LogP contribution >= 0.6 is 0 Å². The molecule has 1 aliphatic rings. The average Bonchev–Trinajstić information content (AvgIpc) is 2.92. The van der Waals surface area contributed by atoms with Gasteiger partial charge in [-0.3, -0.25) is 19.5 Å². The molecule has 1 saturated heterocycles. The molecule has 7 heteroatoms. The Kier molecular flexibility index (Phi) is 7.32. The summed E-state index contributed by atoms with van der Waals surface area (Å²) in [7, 11) is 1.63. The molecule has 5 rings (SSSR count). The number of carbonyl (C=O) groups is 1. The molecule has 0 spiro atoms. The van der Waals surface area contributed by atoms with Crippen LogP contribution in [0.4, 0.5) is 0 Å². The zero-order valence-electron chi connectivity index (χ0n) is 21.3. The number of fused-ring (bicyclic) bond motifs is 1. The normalized spacial score (nSPS) is 14.5. The number of rotatable bonds is 7. The Morgan fingerprint density at radius 2 is 1.70 bits per heavy atom. The monoisotopic (exact) mass is 496 g/mol. The first-order valence-electron chi connectivity index (χ1n) is 12.7. The second-order valence-corrected chi connectivity index (χ2v) is 9.66. The maximum atomic E-state index is 13.3. The van der Waals surface area contributed by atoms with E-state index in [1.54, 1.807) is 23.9 Å². The number of hydrogen-bond acceptors (Lipinski definition) is 5. The van der Waals surface area contributed by atoms with Gasteiger partial charge in [-0.25, -0.2) is 0 Å². The summed E-state index contributed by atoms with van der Waals surface area (Å²) < 4.78 is 6.86. The minimum absolute atomic E-state index is 0.108. The standard InChI is InChI=1S/C30H32N4O3/c1-21-26(29(35)32-24-12-15-33(16-13-24)19-22-6-4-3-5-7-22)18-27-28(31-21)14-17-34(30(27)36)20-23-8-10-25(37-2)11-9-23/h3-11,14,17-18,24H,12-13,15-16,19-20H2,1-2H3,(H,32,35). The van der Waals surface area contributed by atoms with Crippen LogP contribution in [-0.2, 0) is 13.1 Å². The van der Waals surface area contributed by atoms with Gasteiger partial charge in [-0.15, -0.1) is 0 Å². The summed E-state index contributed by atoms with van der Waals surface area (Å²) in [5.74, 6) is 0.602. The summed E-state index contributed by atoms with van der Waals surface area (Å²) in [5, 5.41) is 3.63. The van der Waals surface area contributed by atoms with Crippen LogP contribution in [0.15, 0.2) is 77.7 Å². The molecule has 7 nitrogen and oxygen atoms in total. The van der Waals surface area contributed by atoms with Gasteiger partial charge < -0.3 is 14.6 Å². The zero-order valence-corrected chi connectivity index (χ0v) is 21.3. The largest absolute Gasteiger partial charge is 0.497 e. The van der Waals surface area contributed by atoms with Crippen molar-refractivity contribution >= 4 is 16.8 Å². The van der Waals surface area contributed by atoms with Crippen LogP contribution < -0.4 is 15.6 Å². The highest BCUT2D eigenvalue weighted by Crippen LogP contribution is 2.18. The number of aryl methyl sites for hydroxylation is 1. The molecule has 0 radical (unpaired) electrons. The maximum absolute atomic E-state index is 13.3. The minimum atomic E-state index is -0.168. The van der Waals surface area contributed by atoms with E-state index in [2.05, 4.69) is 39.5 Å². The number of nitrogens with zero attached hydrogens (tertiary/aromatic N) is 3. The van der Waals surface area contributed by atoms with E-state index in [0.717, 1.165) is 43.8 Å². The van der Waals surface area contributed by atoms with Gasteiger partial charge in [0.25, 0.3) is 11.5 Å². The van der Waals surface area contributed by atoms with Crippen LogP contribution in [0.2, 0.25) is 0 Å². The lowest BCUT2D eigenvalue weighted by atomic mass is 10.0. The Balaban J connectivity index is 1.28. The van der Waals surface area contributed by atoms with Crippen molar-refractivity contribution in [2.24, 2.45) is 0 Å². The van der Waals surface area contributed by atoms with Crippen molar-refractivity contribution in [2.45, 2.75) is 38.9 Å². The van der Waals surface area contributed by atoms with Crippen LogP contribution in [0.5, 0.6) is 5.75 Å². The lowest BCUT2D eigenvalue weighted by molar-refractivity contribution is 0.0908. The molecule has 0 bridgehead atoms. The first-order chi connectivity index (χ1) is 18.0. The van der Waals surface area contributed by atoms with E-state index in [1.165, 1.54) is 5.56 Å². The van der Waals surface area contributed by atoms with E-state index in [-0.39, 0.29) is 17.5 Å². The van der Waals surface area contributed by atoms with Gasteiger partial charge in [0.2, 0.25) is 0 Å². The molecule has 4 aromatic rings. The van der Waals surface area contributed by atoms with Crippen molar-refractivity contribution in [3.63, 3.8) is 0 Å². The number of ether oxygens (including phenoxy) is 1. The molecule has 1 aliphatic heterocycles. The van der Waals surface area contributed by atoms with Crippen LogP contribution in [0.1, 0.15) is 40.0 Å². The molecular weight excluding hydrogens is 464 g/mol. The number of likely N-dealkylation sites (tertiary alicyclic amines) is 1. The predicted octanol–water partition coefficient (Wildman–Crippen LogP) is 4.16. The van der Waals surface area contributed by atoms with E-state index < -0.39 is 0 Å². The highest BCUT2D eigenvalue weighted by Gasteiger charge is 2.22. The van der Waals surface area contributed by atoms with E-state index >= 15 is 0 Å². The van der Waals surface area contributed by atoms with Crippen molar-refractivity contribution in [3.05, 3.63) is 106 Å². The number of pyridine rings is 2. The predicted molar refractivity (Wildman–Crippen MR) is 145 cm³/mol. The number of methoxy groups -OCH3 is 1. The Bertz CT molecular complexity index is 1440. The first kappa shape index (κ1) is 24.7. The second kappa shape index (κ2) is 11.0. The summed E-state index contributed by atoms with van der Waals surface area (Å²) in [6, 6.07) is 21.7. The van der Waals surface area contributed by atoms with Gasteiger partial charge in [0.05, 0.1) is 35.8 Å². The summed E-state index contributed by atoms with van der Waals surface area (Å²) in [6.45, 7) is 5.04. The van der Waals surface area contributed by atoms with Gasteiger partial charge in [-0.2, -0.15) is 0 Å². The van der Waals surface area contributed by atoms with Crippen LogP contribution in [0.3, 0.4) is 0 Å². The molecule has 0 saturated carbocycles. The SMILES string of the molecule is COc1ccc(Cn2ccc3nc(C)c(C(=O)NC4CCN(Cc5ccccc5)CC4)cc3c2=O)cc1. The molecule has 37 heavy (non-hydrogen) atoms. The highest BCUT2D eigenvalue weighted by atomic mass is 16.5. The third-order valence-corrected chi connectivity index (χ3v) is 7.07. The quantitative estimate of drug-likeness (QED) is 0.416. The number of benzene rings is 2. The fourth-order valence-corrected chi connectivity index (χ4v) is 4.93. The minimum Gasteiger partial charge on any atom is -0.497 e. The molecule has 1 fully saturated rings. The molecule has 1 amide bonds. The molecule has 0 aliphatic carbocycles. The third kappa shape index (κ3) is 5.73. The number of aromatic nitrogens is 2. The van der Waals surface area contributed by atoms with Gasteiger partial charge >= 0.3 is 0 Å². The van der Waals surface area contributed by atoms with Gasteiger partial charge in [0, 0.05) is 31.9 Å². The zero-order chi connectivity index (χ0) is 25.8. The van der Waals surface area contributed by atoms with E-state index in [1.807, 2.05) is 43.3 Å². The van der Waals surface area contributed by atoms with Crippen molar-refractivity contribution in [2.75, 3.05) is 20.2 Å². The Morgan fingerprint density at radius 3 is 2.41 bits per heavy atom. The van der Waals surface area contributed by atoms with Crippen LogP contribution in [-0.4, -0.2) is 46.6 Å². The Hall–Kier alpha value is -3.97. The fraction of sp³-hybridized carbons (Fsp3) is 0.300. The fourth-order valence-electron chi connectivity index (χ4n) is 4.93. The Morgan fingerprint density at radius 1 is 1.00 bits per heavy atom. The maximum Gasteiger partial charge on any atom is 0.260 e. The molecule has 2 aromatic carbocycles. The van der Waals surface area contributed by atoms with Crippen LogP contribution in [0, 0.1) is 6.92 Å². The Labute approximate surface area is 216 Å². The molecule has 2 aromatic heterocycles. The van der Waals surface area contributed by atoms with E-state index in [4.69, 9.17) is 4.74 Å². The molecule has 0 atom stereocenters. The van der Waals surface area contributed by atoms with Gasteiger partial charge in [0.1, 0.15) is 5.75 Å². The lowest BCUT2D eigenvalue weighted by Gasteiger charge is -2.32. The van der Waals surface area contributed by atoms with Gasteiger partial charge in [0.15, 0.2) is 0 Å². The molecule has 0 unspecified atom stereocenters. The van der Waals surface area contributed by atoms with Gasteiger partial charge in [-0.1, -0.05) is 42.5 Å². The summed E-state index contributed by atoms with van der Waals surface area (Å²) in [4.78, 5) is 33.5. The molecule has 3 heterocycles. The van der Waals surface area contributed by atoms with Crippen molar-refractivity contribution < 1.29 is 9.53 Å². The first-order valence-corrected chi connectivity index (χ1v) is 12.7. The van der Waals surface area contributed by atoms with Crippen molar-refractivity contribution in [1.29, 1.82) is 0 Å². The van der Waals surface area contributed by atoms with Crippen LogP contribution in [0.25, 0.3) is 10.9 Å². The van der Waals surface area contributed by atoms with Crippen molar-refractivity contribution in [1.82, 2.24) is 19.8 Å². The smallest absolute Gasteiger partial charge is 0.260 e. The number of nitrogens with one attached hydrogen (secondary N) is 1. The topological polar surface area (TPSA) is 76.5 Å². The average molecular weight is 497 g/mol. The second-order valence-electron chi connectivity index (χ2n) is 9.66. The molecule has 190 valence electrons. The number of carbonyl (C=O) groups excluding carboxylic acids is 1. The summed E-state index contributed by atoms with van der Waals surface area (Å²) >= 11 is 0. The number of amides is 1. The van der Waals surface area contributed by atoms with E-state index in [0.29, 0.717) is 28.7 Å². The van der Waals surface area contributed by atoms with E-state index in [9.17, 15) is 9.59 Å². The molecular formula is C30H32N4O3. The molecule has 1 N–H and O–H groups in total. The third-order valence-electron chi connectivity index (χ3n) is 7.07. The number of piperidine rings is 1. The highest BCUT2D eigenvalue weighted by molar-refractivity contribution is 5.98. The van der Waals surface area contributed by atoms with Gasteiger partial charge in [-0.05, 0) is 55.2 Å². The van der Waals surface area contributed by atoms with Crippen molar-refractivity contribution in [3.8, 4) is 5.75 Å².